The van der Waals surface area contributed by atoms with Gasteiger partial charge in [-0.2, -0.15) is 5.26 Å². The van der Waals surface area contributed by atoms with E-state index in [0.29, 0.717) is 11.3 Å². The van der Waals surface area contributed by atoms with Crippen molar-refractivity contribution in [3.63, 3.8) is 0 Å². The number of nitroso groups, excluding NO2 is 1. The highest BCUT2D eigenvalue weighted by Crippen LogP contribution is 2.16. The molecule has 0 bridgehead atoms. The Balaban J connectivity index is 3.25. The summed E-state index contributed by atoms with van der Waals surface area (Å²) in [5, 5.41) is 11.3. The molecule has 11 heavy (non-hydrogen) atoms. The van der Waals surface area contributed by atoms with Crippen LogP contribution < -0.4 is 0 Å². The molecule has 0 heterocycles. The van der Waals surface area contributed by atoms with Gasteiger partial charge in [0, 0.05) is 0 Å². The average molecular weight is 146 g/mol. The van der Waals surface area contributed by atoms with E-state index in [0.717, 1.165) is 5.56 Å². The summed E-state index contributed by atoms with van der Waals surface area (Å²) in [6.07, 6.45) is 0. The minimum Gasteiger partial charge on any atom is -0.192 e. The number of benzene rings is 1. The molecule has 1 aromatic rings. The van der Waals surface area contributed by atoms with Crippen LogP contribution in [0.25, 0.3) is 0 Å². The normalized spacial score (nSPS) is 8.73. The molecule has 0 spiro atoms. The first-order chi connectivity index (χ1) is 5.27. The fourth-order valence-corrected chi connectivity index (χ4v) is 0.787. The van der Waals surface area contributed by atoms with Gasteiger partial charge < -0.3 is 0 Å². The number of hydrogen-bond donors (Lipinski definition) is 0. The summed E-state index contributed by atoms with van der Waals surface area (Å²) in [6.45, 7) is 1.81. The number of hydrogen-bond acceptors (Lipinski definition) is 3. The summed E-state index contributed by atoms with van der Waals surface area (Å²) in [6, 6.07) is 6.74. The highest BCUT2D eigenvalue weighted by atomic mass is 16.3. The Morgan fingerprint density at radius 2 is 2.27 bits per heavy atom. The number of nitriles is 1. The van der Waals surface area contributed by atoms with E-state index in [2.05, 4.69) is 5.18 Å². The molecule has 0 aliphatic carbocycles. The molecule has 0 unspecified atom stereocenters. The zero-order valence-corrected chi connectivity index (χ0v) is 6.03. The lowest BCUT2D eigenvalue weighted by atomic mass is 10.1. The van der Waals surface area contributed by atoms with Crippen LogP contribution in [0.15, 0.2) is 23.4 Å². The van der Waals surface area contributed by atoms with Gasteiger partial charge in [0.25, 0.3) is 0 Å². The summed E-state index contributed by atoms with van der Waals surface area (Å²) < 4.78 is 0. The van der Waals surface area contributed by atoms with Gasteiger partial charge in [0.05, 0.1) is 11.6 Å². The highest BCUT2D eigenvalue weighted by Gasteiger charge is 1.97. The van der Waals surface area contributed by atoms with Crippen LogP contribution in [0.4, 0.5) is 5.69 Å². The van der Waals surface area contributed by atoms with Gasteiger partial charge in [-0.3, -0.25) is 0 Å². The molecule has 54 valence electrons. The molecule has 0 atom stereocenters. The molecule has 0 aromatic heterocycles. The third-order valence-electron chi connectivity index (χ3n) is 1.45. The van der Waals surface area contributed by atoms with Crippen LogP contribution in [-0.2, 0) is 0 Å². The van der Waals surface area contributed by atoms with Gasteiger partial charge in [-0.1, -0.05) is 6.07 Å². The first kappa shape index (κ1) is 7.42. The predicted octanol–water partition coefficient (Wildman–Crippen LogP) is 2.26. The van der Waals surface area contributed by atoms with E-state index in [1.807, 2.05) is 13.0 Å². The fourth-order valence-electron chi connectivity index (χ4n) is 0.787. The Kier molecular flexibility index (Phi) is 1.98. The lowest BCUT2D eigenvalue weighted by Crippen LogP contribution is -1.79. The maximum Gasteiger partial charge on any atom is 0.109 e. The summed E-state index contributed by atoms with van der Waals surface area (Å²) in [5.74, 6) is 0. The van der Waals surface area contributed by atoms with Crippen molar-refractivity contribution in [2.45, 2.75) is 6.92 Å². The SMILES string of the molecule is Cc1ccc(N=O)cc1C#N. The molecule has 3 heteroatoms. The molecule has 0 fully saturated rings. The van der Waals surface area contributed by atoms with Gasteiger partial charge in [0.1, 0.15) is 5.69 Å². The number of nitrogens with zero attached hydrogens (tertiary/aromatic N) is 2. The molecule has 3 nitrogen and oxygen atoms in total. The second-order valence-electron chi connectivity index (χ2n) is 2.20. The molecule has 0 aliphatic rings. The van der Waals surface area contributed by atoms with Crippen molar-refractivity contribution >= 4 is 5.69 Å². The molecule has 1 aromatic carbocycles. The van der Waals surface area contributed by atoms with E-state index < -0.39 is 0 Å². The topological polar surface area (TPSA) is 53.2 Å². The Labute approximate surface area is 64.2 Å². The highest BCUT2D eigenvalue weighted by molar-refractivity contribution is 5.48. The van der Waals surface area contributed by atoms with Crippen molar-refractivity contribution in [1.29, 1.82) is 5.26 Å². The quantitative estimate of drug-likeness (QED) is 0.570. The van der Waals surface area contributed by atoms with Gasteiger partial charge in [-0.25, -0.2) is 0 Å². The molecule has 0 radical (unpaired) electrons. The van der Waals surface area contributed by atoms with Gasteiger partial charge in [-0.05, 0) is 29.8 Å². The molecule has 0 aliphatic heterocycles. The Morgan fingerprint density at radius 3 is 2.82 bits per heavy atom. The fraction of sp³-hybridized carbons (Fsp3) is 0.125. The van der Waals surface area contributed by atoms with E-state index in [9.17, 15) is 4.91 Å². The van der Waals surface area contributed by atoms with E-state index in [-0.39, 0.29) is 0 Å². The third-order valence-corrected chi connectivity index (χ3v) is 1.45. The Morgan fingerprint density at radius 1 is 1.55 bits per heavy atom. The van der Waals surface area contributed by atoms with E-state index >= 15 is 0 Å². The van der Waals surface area contributed by atoms with E-state index in [1.165, 1.54) is 6.07 Å². The molecule has 0 saturated carbocycles. The number of rotatable bonds is 1. The second kappa shape index (κ2) is 2.93. The summed E-state index contributed by atoms with van der Waals surface area (Å²) in [5.41, 5.74) is 1.66. The molecule has 0 amide bonds. The molecular formula is C8H6N2O. The van der Waals surface area contributed by atoms with Crippen molar-refractivity contribution in [1.82, 2.24) is 0 Å². The molecular weight excluding hydrogens is 140 g/mol. The van der Waals surface area contributed by atoms with Gasteiger partial charge in [-0.15, -0.1) is 4.91 Å². The van der Waals surface area contributed by atoms with Crippen molar-refractivity contribution in [2.75, 3.05) is 0 Å². The Bertz CT molecular complexity index is 325. The van der Waals surface area contributed by atoms with Crippen LogP contribution in [-0.4, -0.2) is 0 Å². The van der Waals surface area contributed by atoms with E-state index in [1.54, 1.807) is 12.1 Å². The van der Waals surface area contributed by atoms with Gasteiger partial charge in [0.15, 0.2) is 0 Å². The maximum absolute atomic E-state index is 10.0. The lowest BCUT2D eigenvalue weighted by Gasteiger charge is -1.94. The van der Waals surface area contributed by atoms with Crippen LogP contribution in [0.1, 0.15) is 11.1 Å². The third kappa shape index (κ3) is 1.41. The summed E-state index contributed by atoms with van der Waals surface area (Å²) >= 11 is 0. The van der Waals surface area contributed by atoms with Crippen LogP contribution in [0.5, 0.6) is 0 Å². The molecule has 0 saturated heterocycles. The molecule has 0 N–H and O–H groups in total. The monoisotopic (exact) mass is 146 g/mol. The van der Waals surface area contributed by atoms with Crippen LogP contribution >= 0.6 is 0 Å². The Hall–Kier alpha value is -1.69. The van der Waals surface area contributed by atoms with E-state index in [4.69, 9.17) is 5.26 Å². The average Bonchev–Trinajstić information content (AvgIpc) is 2.05. The zero-order valence-electron chi connectivity index (χ0n) is 6.03. The standard InChI is InChI=1S/C8H6N2O/c1-6-2-3-8(10-11)4-7(6)5-9/h2-4H,1H3. The van der Waals surface area contributed by atoms with Gasteiger partial charge in [0.2, 0.25) is 0 Å². The van der Waals surface area contributed by atoms with Crippen molar-refractivity contribution < 1.29 is 0 Å². The molecule has 1 rings (SSSR count). The van der Waals surface area contributed by atoms with Crippen LogP contribution in [0, 0.1) is 23.2 Å². The van der Waals surface area contributed by atoms with Crippen LogP contribution in [0.3, 0.4) is 0 Å². The minimum atomic E-state index is 0.298. The first-order valence-corrected chi connectivity index (χ1v) is 3.12. The van der Waals surface area contributed by atoms with Crippen LogP contribution in [0.2, 0.25) is 0 Å². The van der Waals surface area contributed by atoms with Crippen molar-refractivity contribution in [3.05, 3.63) is 34.2 Å². The van der Waals surface area contributed by atoms with Gasteiger partial charge >= 0.3 is 0 Å². The largest absolute Gasteiger partial charge is 0.192 e. The van der Waals surface area contributed by atoms with Crippen molar-refractivity contribution in [3.8, 4) is 6.07 Å². The zero-order chi connectivity index (χ0) is 8.27. The predicted molar refractivity (Wildman–Crippen MR) is 41.3 cm³/mol. The summed E-state index contributed by atoms with van der Waals surface area (Å²) in [4.78, 5) is 10.0. The van der Waals surface area contributed by atoms with Crippen molar-refractivity contribution in [2.24, 2.45) is 5.18 Å². The minimum absolute atomic E-state index is 0.298. The lowest BCUT2D eigenvalue weighted by molar-refractivity contribution is 1.37. The first-order valence-electron chi connectivity index (χ1n) is 3.12. The maximum atomic E-state index is 10.0. The second-order valence-corrected chi connectivity index (χ2v) is 2.20. The number of aryl methyl sites for hydroxylation is 1. The smallest absolute Gasteiger partial charge is 0.109 e. The summed E-state index contributed by atoms with van der Waals surface area (Å²) in [7, 11) is 0.